The summed E-state index contributed by atoms with van der Waals surface area (Å²) in [4.78, 5) is 13.4. The fraction of sp³-hybridized carbons (Fsp3) is 0.727. The number of primary sulfonamides is 1. The van der Waals surface area contributed by atoms with E-state index in [4.69, 9.17) is 9.88 Å². The first-order valence-electron chi connectivity index (χ1n) is 5.66. The quantitative estimate of drug-likeness (QED) is 0.820. The van der Waals surface area contributed by atoms with Gasteiger partial charge in [-0.15, -0.1) is 0 Å². The van der Waals surface area contributed by atoms with E-state index in [0.29, 0.717) is 13.0 Å². The Hall–Kier alpha value is -1.08. The summed E-state index contributed by atoms with van der Waals surface area (Å²) in [5, 5.41) is 5.82. The normalized spacial score (nSPS) is 25.1. The van der Waals surface area contributed by atoms with Crippen LogP contribution in [-0.4, -0.2) is 37.1 Å². The molecule has 6 nitrogen and oxygen atoms in total. The van der Waals surface area contributed by atoms with Gasteiger partial charge in [0.05, 0.1) is 5.54 Å². The Kier molecular flexibility index (Phi) is 3.78. The second kappa shape index (κ2) is 4.55. The number of hydrogen-bond donors (Lipinski definition) is 1. The van der Waals surface area contributed by atoms with Gasteiger partial charge in [-0.1, -0.05) is 0 Å². The Bertz CT molecular complexity index is 464. The van der Waals surface area contributed by atoms with Gasteiger partial charge in [0.2, 0.25) is 10.0 Å². The fourth-order valence-electron chi connectivity index (χ4n) is 1.61. The minimum Gasteiger partial charge on any atom is -0.444 e. The van der Waals surface area contributed by atoms with Gasteiger partial charge in [0.25, 0.3) is 0 Å². The lowest BCUT2D eigenvalue weighted by molar-refractivity contribution is -0.0211. The smallest absolute Gasteiger partial charge is 0.410 e. The van der Waals surface area contributed by atoms with E-state index in [1.807, 2.05) is 0 Å². The van der Waals surface area contributed by atoms with Gasteiger partial charge in [0, 0.05) is 12.0 Å². The number of amides is 1. The number of likely N-dealkylation sites (tertiary alicyclic amines) is 1. The molecule has 1 amide bonds. The molecule has 0 aromatic heterocycles. The number of ether oxygens (including phenoxy) is 1. The van der Waals surface area contributed by atoms with Crippen LogP contribution in [0.2, 0.25) is 0 Å². The molecule has 1 unspecified atom stereocenters. The van der Waals surface area contributed by atoms with Crippen LogP contribution in [0.15, 0.2) is 11.5 Å². The SMILES string of the molecule is CC(C)(C)OC(=O)N1CCC1(C)/C=C/S(N)(=O)=O. The number of carbonyl (C=O) groups is 1. The van der Waals surface area contributed by atoms with Gasteiger partial charge in [-0.05, 0) is 40.2 Å². The van der Waals surface area contributed by atoms with Crippen LogP contribution < -0.4 is 5.14 Å². The molecule has 1 saturated heterocycles. The Balaban J connectivity index is 2.76. The highest BCUT2D eigenvalue weighted by atomic mass is 32.2. The molecule has 0 saturated carbocycles. The van der Waals surface area contributed by atoms with Crippen molar-refractivity contribution in [2.24, 2.45) is 5.14 Å². The van der Waals surface area contributed by atoms with Gasteiger partial charge in [-0.25, -0.2) is 18.4 Å². The lowest BCUT2D eigenvalue weighted by atomic mass is 9.87. The standard InChI is InChI=1S/C11H20N2O4S/c1-10(2,3)17-9(14)13-7-5-11(13,4)6-8-18(12,15)16/h6,8H,5,7H2,1-4H3,(H2,12,15,16)/b8-6+. The minimum atomic E-state index is -3.68. The number of hydrogen-bond acceptors (Lipinski definition) is 4. The van der Waals surface area contributed by atoms with E-state index in [0.717, 1.165) is 5.41 Å². The molecule has 1 atom stereocenters. The summed E-state index contributed by atoms with van der Waals surface area (Å²) < 4.78 is 27.0. The first kappa shape index (κ1) is 15.0. The van der Waals surface area contributed by atoms with E-state index < -0.39 is 27.3 Å². The molecule has 0 spiro atoms. The van der Waals surface area contributed by atoms with E-state index in [2.05, 4.69) is 0 Å². The summed E-state index contributed by atoms with van der Waals surface area (Å²) in [6, 6.07) is 0. The second-order valence-corrected chi connectivity index (χ2v) is 7.08. The maximum atomic E-state index is 11.9. The van der Waals surface area contributed by atoms with Crippen LogP contribution in [0.3, 0.4) is 0 Å². The van der Waals surface area contributed by atoms with Crippen molar-refractivity contribution in [2.75, 3.05) is 6.54 Å². The van der Waals surface area contributed by atoms with Gasteiger partial charge in [-0.3, -0.25) is 4.90 Å². The molecule has 0 radical (unpaired) electrons. The summed E-state index contributed by atoms with van der Waals surface area (Å²) in [6.07, 6.45) is 1.66. The zero-order valence-corrected chi connectivity index (χ0v) is 12.0. The Morgan fingerprint density at radius 2 is 2.00 bits per heavy atom. The minimum absolute atomic E-state index is 0.449. The van der Waals surface area contributed by atoms with Crippen molar-refractivity contribution >= 4 is 16.1 Å². The van der Waals surface area contributed by atoms with Crippen molar-refractivity contribution in [3.63, 3.8) is 0 Å². The van der Waals surface area contributed by atoms with Gasteiger partial charge in [0.15, 0.2) is 0 Å². The summed E-state index contributed by atoms with van der Waals surface area (Å²) in [7, 11) is -3.68. The average molecular weight is 276 g/mol. The Labute approximate surface area is 108 Å². The maximum absolute atomic E-state index is 11.9. The van der Waals surface area contributed by atoms with Crippen molar-refractivity contribution < 1.29 is 17.9 Å². The maximum Gasteiger partial charge on any atom is 0.410 e. The Morgan fingerprint density at radius 3 is 2.33 bits per heavy atom. The number of sulfonamides is 1. The Morgan fingerprint density at radius 1 is 1.44 bits per heavy atom. The van der Waals surface area contributed by atoms with Crippen molar-refractivity contribution in [1.82, 2.24) is 4.90 Å². The van der Waals surface area contributed by atoms with E-state index in [9.17, 15) is 13.2 Å². The monoisotopic (exact) mass is 276 g/mol. The third kappa shape index (κ3) is 3.99. The predicted octanol–water partition coefficient (Wildman–Crippen LogP) is 1.19. The van der Waals surface area contributed by atoms with E-state index in [1.54, 1.807) is 27.7 Å². The fourth-order valence-corrected chi connectivity index (χ4v) is 2.09. The molecule has 104 valence electrons. The summed E-state index contributed by atoms with van der Waals surface area (Å²) in [5.74, 6) is 0. The molecule has 0 aromatic rings. The third-order valence-corrected chi connectivity index (χ3v) is 3.20. The number of rotatable bonds is 2. The zero-order chi connectivity index (χ0) is 14.2. The summed E-state index contributed by atoms with van der Waals surface area (Å²) >= 11 is 0. The van der Waals surface area contributed by atoms with Crippen LogP contribution in [0.4, 0.5) is 4.79 Å². The zero-order valence-electron chi connectivity index (χ0n) is 11.1. The van der Waals surface area contributed by atoms with Crippen LogP contribution in [0.25, 0.3) is 0 Å². The van der Waals surface area contributed by atoms with Crippen molar-refractivity contribution in [1.29, 1.82) is 0 Å². The van der Waals surface area contributed by atoms with Crippen LogP contribution in [0, 0.1) is 0 Å². The molecule has 0 aliphatic carbocycles. The summed E-state index contributed by atoms with van der Waals surface area (Å²) in [6.45, 7) is 7.65. The molecule has 1 aliphatic rings. The first-order chi connectivity index (χ1) is 7.93. The number of carbonyl (C=O) groups excluding carboxylic acids is 1. The highest BCUT2D eigenvalue weighted by molar-refractivity contribution is 7.92. The van der Waals surface area contributed by atoms with Crippen LogP contribution in [0.5, 0.6) is 0 Å². The molecular formula is C11H20N2O4S. The number of nitrogens with two attached hydrogens (primary N) is 1. The molecular weight excluding hydrogens is 256 g/mol. The highest BCUT2D eigenvalue weighted by Gasteiger charge is 2.43. The van der Waals surface area contributed by atoms with Crippen molar-refractivity contribution in [3.05, 3.63) is 11.5 Å². The lowest BCUT2D eigenvalue weighted by Crippen LogP contribution is -2.60. The van der Waals surface area contributed by atoms with Crippen molar-refractivity contribution in [2.45, 2.75) is 45.3 Å². The van der Waals surface area contributed by atoms with E-state index in [-0.39, 0.29) is 0 Å². The molecule has 1 aliphatic heterocycles. The predicted molar refractivity (Wildman–Crippen MR) is 68.2 cm³/mol. The van der Waals surface area contributed by atoms with E-state index in [1.165, 1.54) is 11.0 Å². The van der Waals surface area contributed by atoms with Crippen LogP contribution in [-0.2, 0) is 14.8 Å². The highest BCUT2D eigenvalue weighted by Crippen LogP contribution is 2.33. The van der Waals surface area contributed by atoms with E-state index >= 15 is 0 Å². The first-order valence-corrected chi connectivity index (χ1v) is 7.27. The molecule has 2 N–H and O–H groups in total. The van der Waals surface area contributed by atoms with Gasteiger partial charge in [-0.2, -0.15) is 0 Å². The topological polar surface area (TPSA) is 89.7 Å². The summed E-state index contributed by atoms with van der Waals surface area (Å²) in [5.41, 5.74) is -1.22. The van der Waals surface area contributed by atoms with Gasteiger partial charge >= 0.3 is 6.09 Å². The largest absolute Gasteiger partial charge is 0.444 e. The number of nitrogens with zero attached hydrogens (tertiary/aromatic N) is 1. The third-order valence-electron chi connectivity index (χ3n) is 2.69. The lowest BCUT2D eigenvalue weighted by Gasteiger charge is -2.48. The molecule has 7 heteroatoms. The molecule has 18 heavy (non-hydrogen) atoms. The van der Waals surface area contributed by atoms with Crippen molar-refractivity contribution in [3.8, 4) is 0 Å². The average Bonchev–Trinajstić information content (AvgIpc) is 2.07. The van der Waals surface area contributed by atoms with Gasteiger partial charge in [0.1, 0.15) is 5.60 Å². The molecule has 1 rings (SSSR count). The van der Waals surface area contributed by atoms with Crippen LogP contribution in [0.1, 0.15) is 34.1 Å². The molecule has 1 fully saturated rings. The van der Waals surface area contributed by atoms with Gasteiger partial charge < -0.3 is 4.74 Å². The molecule has 1 heterocycles. The van der Waals surface area contributed by atoms with Crippen LogP contribution >= 0.6 is 0 Å². The molecule has 0 bridgehead atoms. The molecule has 0 aromatic carbocycles. The second-order valence-electron chi connectivity index (χ2n) is 5.63.